The Morgan fingerprint density at radius 2 is 1.87 bits per heavy atom. The first kappa shape index (κ1) is 30.1. The SMILES string of the molecule is CC(=O)O[C@@H](C)/C=C\C(=O)N[C@@H]1C[C@H](C)[C@H](C/C=C(C)/C=C/[C@H]2O[C@H](CC(=O)O)C[C@@]3(CO3)C2C)O[C@@H]1C. The first-order valence-corrected chi connectivity index (χ1v) is 13.6. The van der Waals surface area contributed by atoms with Crippen LogP contribution in [0, 0.1) is 11.8 Å². The molecule has 3 aliphatic heterocycles. The molecule has 3 saturated heterocycles. The zero-order valence-corrected chi connectivity index (χ0v) is 23.3. The predicted molar refractivity (Wildman–Crippen MR) is 141 cm³/mol. The highest BCUT2D eigenvalue weighted by molar-refractivity contribution is 5.87. The maximum absolute atomic E-state index is 12.3. The number of aliphatic carboxylic acids is 1. The lowest BCUT2D eigenvalue weighted by Crippen LogP contribution is -2.50. The third-order valence-corrected chi connectivity index (χ3v) is 7.80. The summed E-state index contributed by atoms with van der Waals surface area (Å²) < 4.78 is 23.1. The van der Waals surface area contributed by atoms with Crippen LogP contribution in [0.5, 0.6) is 0 Å². The molecule has 3 heterocycles. The molecule has 0 aromatic heterocycles. The number of ether oxygens (including phenoxy) is 4. The van der Waals surface area contributed by atoms with Gasteiger partial charge in [-0.3, -0.25) is 14.4 Å². The third-order valence-electron chi connectivity index (χ3n) is 7.80. The van der Waals surface area contributed by atoms with Crippen molar-refractivity contribution in [3.63, 3.8) is 0 Å². The zero-order valence-electron chi connectivity index (χ0n) is 23.3. The van der Waals surface area contributed by atoms with Crippen LogP contribution in [0.1, 0.15) is 67.2 Å². The number of carbonyl (C=O) groups is 3. The summed E-state index contributed by atoms with van der Waals surface area (Å²) in [6.45, 7) is 11.9. The first-order chi connectivity index (χ1) is 17.9. The number of hydrogen-bond donors (Lipinski definition) is 2. The van der Waals surface area contributed by atoms with Crippen LogP contribution in [0.25, 0.3) is 0 Å². The Hall–Kier alpha value is -2.49. The average Bonchev–Trinajstić information content (AvgIpc) is 3.59. The Bertz CT molecular complexity index is 952. The van der Waals surface area contributed by atoms with Crippen LogP contribution < -0.4 is 5.32 Å². The molecule has 0 aromatic rings. The van der Waals surface area contributed by atoms with Gasteiger partial charge in [0.1, 0.15) is 6.10 Å². The standard InChI is InChI=1S/C29H43NO8/c1-17(8-11-26-20(4)29(16-35-29)15-23(38-26)14-28(33)34)7-10-25-18(2)13-24(21(5)37-25)30-27(32)12-9-19(3)36-22(6)31/h7-9,11-12,18-21,23-26H,10,13-16H2,1-6H3,(H,30,32)(H,33,34)/b11-8+,12-9-,17-7+/t18-,19-,20?,21+,23+,24+,25-,26+,29+/m0/s1. The number of carboxylic acids is 1. The van der Waals surface area contributed by atoms with Crippen LogP contribution >= 0.6 is 0 Å². The minimum absolute atomic E-state index is 0.0166. The van der Waals surface area contributed by atoms with Crippen LogP contribution in [0.4, 0.5) is 0 Å². The number of carbonyl (C=O) groups excluding carboxylic acids is 2. The second-order valence-corrected chi connectivity index (χ2v) is 11.1. The summed E-state index contributed by atoms with van der Waals surface area (Å²) in [4.78, 5) is 34.5. The number of epoxide rings is 1. The molecule has 0 aliphatic carbocycles. The van der Waals surface area contributed by atoms with Crippen LogP contribution in [-0.4, -0.2) is 71.7 Å². The molecule has 0 saturated carbocycles. The number of rotatable bonds is 10. The largest absolute Gasteiger partial charge is 0.481 e. The smallest absolute Gasteiger partial charge is 0.305 e. The molecule has 9 nitrogen and oxygen atoms in total. The van der Waals surface area contributed by atoms with Crippen LogP contribution in [0.3, 0.4) is 0 Å². The summed E-state index contributed by atoms with van der Waals surface area (Å²) in [5.41, 5.74) is 0.826. The number of nitrogens with one attached hydrogen (secondary N) is 1. The Labute approximate surface area is 225 Å². The molecule has 9 atom stereocenters. The highest BCUT2D eigenvalue weighted by atomic mass is 16.6. The van der Waals surface area contributed by atoms with E-state index in [-0.39, 0.29) is 66.2 Å². The van der Waals surface area contributed by atoms with Gasteiger partial charge in [0.25, 0.3) is 0 Å². The fourth-order valence-electron chi connectivity index (χ4n) is 5.34. The van der Waals surface area contributed by atoms with Crippen molar-refractivity contribution in [2.24, 2.45) is 11.8 Å². The fourth-order valence-corrected chi connectivity index (χ4v) is 5.34. The number of allylic oxidation sites excluding steroid dienone is 2. The average molecular weight is 534 g/mol. The van der Waals surface area contributed by atoms with Gasteiger partial charge in [-0.05, 0) is 45.6 Å². The van der Waals surface area contributed by atoms with E-state index in [0.29, 0.717) is 13.0 Å². The van der Waals surface area contributed by atoms with Gasteiger partial charge in [-0.25, -0.2) is 0 Å². The molecule has 0 radical (unpaired) electrons. The van der Waals surface area contributed by atoms with Gasteiger partial charge in [0, 0.05) is 25.3 Å². The van der Waals surface area contributed by atoms with E-state index < -0.39 is 12.1 Å². The molecule has 1 spiro atoms. The summed E-state index contributed by atoms with van der Waals surface area (Å²) in [6, 6.07) is -0.104. The maximum Gasteiger partial charge on any atom is 0.305 e. The molecule has 38 heavy (non-hydrogen) atoms. The molecule has 0 aromatic carbocycles. The van der Waals surface area contributed by atoms with Gasteiger partial charge in [-0.2, -0.15) is 0 Å². The van der Waals surface area contributed by atoms with Crippen molar-refractivity contribution < 1.29 is 38.4 Å². The first-order valence-electron chi connectivity index (χ1n) is 13.6. The molecule has 212 valence electrons. The maximum atomic E-state index is 12.3. The Morgan fingerprint density at radius 3 is 2.50 bits per heavy atom. The fraction of sp³-hybridized carbons (Fsp3) is 0.690. The lowest BCUT2D eigenvalue weighted by atomic mass is 9.81. The second kappa shape index (κ2) is 13.0. The predicted octanol–water partition coefficient (Wildman–Crippen LogP) is 3.72. The van der Waals surface area contributed by atoms with E-state index >= 15 is 0 Å². The molecule has 2 N–H and O–H groups in total. The minimum Gasteiger partial charge on any atom is -0.481 e. The van der Waals surface area contributed by atoms with Gasteiger partial charge < -0.3 is 29.4 Å². The van der Waals surface area contributed by atoms with Crippen LogP contribution in [0.2, 0.25) is 0 Å². The number of esters is 1. The lowest BCUT2D eigenvalue weighted by Gasteiger charge is -2.39. The van der Waals surface area contributed by atoms with Crippen molar-refractivity contribution in [2.45, 2.75) is 109 Å². The summed E-state index contributed by atoms with van der Waals surface area (Å²) in [5, 5.41) is 12.2. The van der Waals surface area contributed by atoms with Gasteiger partial charge in [0.05, 0.1) is 49.1 Å². The minimum atomic E-state index is -0.859. The van der Waals surface area contributed by atoms with Crippen molar-refractivity contribution in [1.82, 2.24) is 5.32 Å². The Kier molecular flexibility index (Phi) is 10.3. The van der Waals surface area contributed by atoms with E-state index in [2.05, 4.69) is 25.2 Å². The van der Waals surface area contributed by atoms with Gasteiger partial charge in [0.15, 0.2) is 0 Å². The number of hydrogen-bond acceptors (Lipinski definition) is 7. The number of carboxylic acid groups (broad SMARTS) is 1. The van der Waals surface area contributed by atoms with Crippen molar-refractivity contribution in [3.8, 4) is 0 Å². The number of amides is 1. The zero-order chi connectivity index (χ0) is 28.0. The highest BCUT2D eigenvalue weighted by Crippen LogP contribution is 2.47. The van der Waals surface area contributed by atoms with E-state index in [1.54, 1.807) is 13.0 Å². The molecule has 1 unspecified atom stereocenters. The Morgan fingerprint density at radius 1 is 1.16 bits per heavy atom. The van der Waals surface area contributed by atoms with Crippen LogP contribution in [0.15, 0.2) is 36.0 Å². The van der Waals surface area contributed by atoms with Gasteiger partial charge in [0.2, 0.25) is 5.91 Å². The molecule has 3 aliphatic rings. The Balaban J connectivity index is 1.49. The van der Waals surface area contributed by atoms with Crippen LogP contribution in [-0.2, 0) is 33.3 Å². The summed E-state index contributed by atoms with van der Waals surface area (Å²) >= 11 is 0. The molecule has 3 fully saturated rings. The van der Waals surface area contributed by atoms with E-state index in [1.165, 1.54) is 13.0 Å². The third kappa shape index (κ3) is 8.51. The highest BCUT2D eigenvalue weighted by Gasteiger charge is 2.56. The molecular weight excluding hydrogens is 490 g/mol. The molecular formula is C29H43NO8. The summed E-state index contributed by atoms with van der Waals surface area (Å²) in [5.74, 6) is -1.08. The monoisotopic (exact) mass is 533 g/mol. The van der Waals surface area contributed by atoms with Crippen molar-refractivity contribution in [1.29, 1.82) is 0 Å². The quantitative estimate of drug-likeness (QED) is 0.188. The van der Waals surface area contributed by atoms with E-state index in [4.69, 9.17) is 18.9 Å². The normalized spacial score (nSPS) is 36.4. The molecule has 1 amide bonds. The molecule has 0 bridgehead atoms. The van der Waals surface area contributed by atoms with Gasteiger partial charge >= 0.3 is 11.9 Å². The van der Waals surface area contributed by atoms with Crippen molar-refractivity contribution in [3.05, 3.63) is 36.0 Å². The van der Waals surface area contributed by atoms with E-state index in [1.807, 2.05) is 26.0 Å². The lowest BCUT2D eigenvalue weighted by molar-refractivity contribution is -0.146. The van der Waals surface area contributed by atoms with Gasteiger partial charge in [-0.15, -0.1) is 0 Å². The van der Waals surface area contributed by atoms with E-state index in [0.717, 1.165) is 18.4 Å². The van der Waals surface area contributed by atoms with Gasteiger partial charge in [-0.1, -0.05) is 37.6 Å². The topological polar surface area (TPSA) is 124 Å². The van der Waals surface area contributed by atoms with E-state index in [9.17, 15) is 19.5 Å². The molecule has 9 heteroatoms. The summed E-state index contributed by atoms with van der Waals surface area (Å²) in [6.07, 6.45) is 10.2. The van der Waals surface area contributed by atoms with Crippen molar-refractivity contribution in [2.75, 3.05) is 6.61 Å². The second-order valence-electron chi connectivity index (χ2n) is 11.1. The molecule has 3 rings (SSSR count). The van der Waals surface area contributed by atoms with Crippen molar-refractivity contribution >= 4 is 17.8 Å². The summed E-state index contributed by atoms with van der Waals surface area (Å²) in [7, 11) is 0.